The molecule has 0 aliphatic rings. The Hall–Kier alpha value is -3.09. The predicted molar refractivity (Wildman–Crippen MR) is 85.5 cm³/mol. The molecule has 7 nitrogen and oxygen atoms in total. The molecule has 0 radical (unpaired) electrons. The number of aromatic nitrogens is 4. The fourth-order valence-electron chi connectivity index (χ4n) is 1.68. The first-order valence-electron chi connectivity index (χ1n) is 6.56. The molecule has 0 saturated heterocycles. The van der Waals surface area contributed by atoms with E-state index in [9.17, 15) is 4.79 Å². The minimum atomic E-state index is -0.324. The molecular formula is C15H16N6O. The predicted octanol–water partition coefficient (Wildman–Crippen LogP) is 2.08. The minimum Gasteiger partial charge on any atom is -0.330 e. The van der Waals surface area contributed by atoms with Gasteiger partial charge in [-0.3, -0.25) is 9.79 Å². The van der Waals surface area contributed by atoms with Crippen molar-refractivity contribution in [3.8, 4) is 0 Å². The van der Waals surface area contributed by atoms with E-state index in [1.807, 2.05) is 19.1 Å². The fourth-order valence-corrected chi connectivity index (χ4v) is 1.68. The zero-order chi connectivity index (χ0) is 15.9. The summed E-state index contributed by atoms with van der Waals surface area (Å²) in [5, 5.41) is 2.69. The lowest BCUT2D eigenvalue weighted by Gasteiger charge is -2.05. The number of nitrogens with one attached hydrogen (secondary N) is 1. The molecule has 0 bridgehead atoms. The maximum absolute atomic E-state index is 12.0. The van der Waals surface area contributed by atoms with Crippen LogP contribution in [-0.4, -0.2) is 32.1 Å². The molecule has 0 aliphatic carbocycles. The minimum absolute atomic E-state index is 0.311. The molecule has 0 atom stereocenters. The molecular weight excluding hydrogens is 280 g/mol. The van der Waals surface area contributed by atoms with Crippen molar-refractivity contribution < 1.29 is 4.79 Å². The molecule has 1 amide bonds. The largest absolute Gasteiger partial charge is 0.330 e. The van der Waals surface area contributed by atoms with Crippen LogP contribution in [0.4, 0.5) is 5.69 Å². The molecule has 2 heterocycles. The number of aryl methyl sites for hydroxylation is 1. The summed E-state index contributed by atoms with van der Waals surface area (Å²) < 4.78 is 1.63. The normalized spacial score (nSPS) is 11.6. The second-order valence-electron chi connectivity index (χ2n) is 4.35. The van der Waals surface area contributed by atoms with Gasteiger partial charge in [0.15, 0.2) is 11.6 Å². The van der Waals surface area contributed by atoms with Gasteiger partial charge in [-0.05, 0) is 19.7 Å². The van der Waals surface area contributed by atoms with Crippen LogP contribution in [-0.2, 0) is 7.05 Å². The number of nitrogens with zero attached hydrogens (tertiary/aromatic N) is 5. The number of allylic oxidation sites excluding steroid dienone is 3. The van der Waals surface area contributed by atoms with Crippen molar-refractivity contribution in [3.63, 3.8) is 0 Å². The number of hydrogen-bond donors (Lipinski definition) is 1. The molecule has 2 aromatic rings. The molecule has 7 heteroatoms. The number of anilines is 1. The van der Waals surface area contributed by atoms with Crippen LogP contribution in [0.5, 0.6) is 0 Å². The zero-order valence-electron chi connectivity index (χ0n) is 12.4. The highest BCUT2D eigenvalue weighted by molar-refractivity contribution is 6.01. The Bertz CT molecular complexity index is 727. The Labute approximate surface area is 128 Å². The van der Waals surface area contributed by atoms with Crippen LogP contribution in [0.15, 0.2) is 48.0 Å². The van der Waals surface area contributed by atoms with E-state index in [4.69, 9.17) is 0 Å². The van der Waals surface area contributed by atoms with Gasteiger partial charge in [-0.1, -0.05) is 12.2 Å². The lowest BCUT2D eigenvalue weighted by atomic mass is 10.3. The topological polar surface area (TPSA) is 85.1 Å². The van der Waals surface area contributed by atoms with Crippen molar-refractivity contribution in [1.82, 2.24) is 19.5 Å². The second-order valence-corrected chi connectivity index (χ2v) is 4.35. The van der Waals surface area contributed by atoms with Gasteiger partial charge in [0.25, 0.3) is 5.91 Å². The van der Waals surface area contributed by atoms with Crippen molar-refractivity contribution in [2.24, 2.45) is 12.0 Å². The Morgan fingerprint density at radius 1 is 1.36 bits per heavy atom. The van der Waals surface area contributed by atoms with Crippen LogP contribution in [0.2, 0.25) is 0 Å². The Morgan fingerprint density at radius 3 is 2.64 bits per heavy atom. The van der Waals surface area contributed by atoms with Gasteiger partial charge >= 0.3 is 0 Å². The van der Waals surface area contributed by atoms with Gasteiger partial charge in [0, 0.05) is 19.4 Å². The van der Waals surface area contributed by atoms with Crippen molar-refractivity contribution in [2.45, 2.75) is 6.92 Å². The van der Waals surface area contributed by atoms with Crippen LogP contribution < -0.4 is 5.32 Å². The average molecular weight is 296 g/mol. The number of aliphatic imine (C=N–C) groups is 1. The van der Waals surface area contributed by atoms with E-state index in [2.05, 4.69) is 32.0 Å². The van der Waals surface area contributed by atoms with Crippen molar-refractivity contribution >= 4 is 24.0 Å². The van der Waals surface area contributed by atoms with Gasteiger partial charge in [-0.2, -0.15) is 0 Å². The summed E-state index contributed by atoms with van der Waals surface area (Å²) in [6, 6.07) is 0. The van der Waals surface area contributed by atoms with Crippen molar-refractivity contribution in [3.05, 3.63) is 54.7 Å². The number of amides is 1. The van der Waals surface area contributed by atoms with E-state index in [1.54, 1.807) is 30.1 Å². The molecule has 1 N–H and O–H groups in total. The van der Waals surface area contributed by atoms with Crippen LogP contribution in [0.3, 0.4) is 0 Å². The molecule has 0 unspecified atom stereocenters. The maximum atomic E-state index is 12.0. The molecule has 0 fully saturated rings. The third-order valence-electron chi connectivity index (χ3n) is 2.78. The lowest BCUT2D eigenvalue weighted by Crippen LogP contribution is -2.17. The Morgan fingerprint density at radius 2 is 2.09 bits per heavy atom. The van der Waals surface area contributed by atoms with E-state index in [1.165, 1.54) is 12.4 Å². The summed E-state index contributed by atoms with van der Waals surface area (Å²) >= 11 is 0. The van der Waals surface area contributed by atoms with Gasteiger partial charge in [-0.25, -0.2) is 15.0 Å². The average Bonchev–Trinajstić information content (AvgIpc) is 2.96. The molecule has 2 rings (SSSR count). The highest BCUT2D eigenvalue weighted by Gasteiger charge is 2.11. The summed E-state index contributed by atoms with van der Waals surface area (Å²) in [7, 11) is 1.75. The van der Waals surface area contributed by atoms with Gasteiger partial charge in [0.1, 0.15) is 5.70 Å². The van der Waals surface area contributed by atoms with Crippen molar-refractivity contribution in [1.29, 1.82) is 0 Å². The first kappa shape index (κ1) is 15.3. The van der Waals surface area contributed by atoms with Gasteiger partial charge < -0.3 is 9.88 Å². The summed E-state index contributed by atoms with van der Waals surface area (Å²) in [4.78, 5) is 28.2. The van der Waals surface area contributed by atoms with Crippen LogP contribution in [0, 0.1) is 0 Å². The Kier molecular flexibility index (Phi) is 4.92. The quantitative estimate of drug-likeness (QED) is 0.676. The number of rotatable bonds is 5. The third kappa shape index (κ3) is 3.51. The van der Waals surface area contributed by atoms with E-state index in [0.717, 1.165) is 0 Å². The smallest absolute Gasteiger partial charge is 0.291 e. The van der Waals surface area contributed by atoms with Gasteiger partial charge in [-0.15, -0.1) is 0 Å². The SMILES string of the molecule is C=N/C(=C\C=C/C)c1ncc(NC(=O)c2nccn2C)cn1. The monoisotopic (exact) mass is 296 g/mol. The van der Waals surface area contributed by atoms with Gasteiger partial charge in [0.05, 0.1) is 18.1 Å². The second kappa shape index (κ2) is 7.07. The van der Waals surface area contributed by atoms with Crippen LogP contribution in [0.25, 0.3) is 5.70 Å². The number of carbonyl (C=O) groups is 1. The first-order chi connectivity index (χ1) is 10.7. The first-order valence-corrected chi connectivity index (χ1v) is 6.56. The van der Waals surface area contributed by atoms with E-state index < -0.39 is 0 Å². The van der Waals surface area contributed by atoms with Gasteiger partial charge in [0.2, 0.25) is 0 Å². The van der Waals surface area contributed by atoms with Crippen molar-refractivity contribution in [2.75, 3.05) is 5.32 Å². The Balaban J connectivity index is 2.14. The van der Waals surface area contributed by atoms with E-state index in [0.29, 0.717) is 23.0 Å². The number of carbonyl (C=O) groups excluding carboxylic acids is 1. The number of hydrogen-bond acceptors (Lipinski definition) is 5. The van der Waals surface area contributed by atoms with E-state index in [-0.39, 0.29) is 5.91 Å². The number of imidazole rings is 1. The fraction of sp³-hybridized carbons (Fsp3) is 0.133. The van der Waals surface area contributed by atoms with Crippen LogP contribution >= 0.6 is 0 Å². The third-order valence-corrected chi connectivity index (χ3v) is 2.78. The highest BCUT2D eigenvalue weighted by atomic mass is 16.2. The molecule has 0 saturated carbocycles. The molecule has 0 aliphatic heterocycles. The highest BCUT2D eigenvalue weighted by Crippen LogP contribution is 2.12. The molecule has 0 spiro atoms. The summed E-state index contributed by atoms with van der Waals surface area (Å²) in [6.45, 7) is 5.39. The summed E-state index contributed by atoms with van der Waals surface area (Å²) in [6.07, 6.45) is 11.7. The lowest BCUT2D eigenvalue weighted by molar-refractivity contribution is 0.101. The standard InChI is InChI=1S/C15H16N6O/c1-4-5-6-12(16-2)13-18-9-11(10-19-13)20-15(22)14-17-7-8-21(14)3/h4-10H,2H2,1,3H3,(H,20,22)/b5-4-,12-6-. The summed E-state index contributed by atoms with van der Waals surface area (Å²) in [5.74, 6) is 0.420. The van der Waals surface area contributed by atoms with Crippen LogP contribution in [0.1, 0.15) is 23.4 Å². The maximum Gasteiger partial charge on any atom is 0.291 e. The molecule has 112 valence electrons. The molecule has 2 aromatic heterocycles. The molecule has 22 heavy (non-hydrogen) atoms. The van der Waals surface area contributed by atoms with E-state index >= 15 is 0 Å². The summed E-state index contributed by atoms with van der Waals surface area (Å²) in [5.41, 5.74) is 1.03. The molecule has 0 aromatic carbocycles. The zero-order valence-corrected chi connectivity index (χ0v) is 12.4.